The molecular weight excluding hydrogens is 250 g/mol. The van der Waals surface area contributed by atoms with Crippen LogP contribution in [0.5, 0.6) is 0 Å². The Morgan fingerprint density at radius 2 is 2.10 bits per heavy atom. The summed E-state index contributed by atoms with van der Waals surface area (Å²) in [5.41, 5.74) is 1.21. The van der Waals surface area contributed by atoms with Gasteiger partial charge < -0.3 is 15.4 Å². The summed E-state index contributed by atoms with van der Waals surface area (Å²) in [6.45, 7) is 8.00. The molecule has 0 heterocycles. The van der Waals surface area contributed by atoms with Crippen LogP contribution in [0, 0.1) is 0 Å². The normalized spacial score (nSPS) is 12.8. The molecule has 1 atom stereocenters. The van der Waals surface area contributed by atoms with Crippen molar-refractivity contribution in [2.45, 2.75) is 19.4 Å². The molecule has 0 aliphatic carbocycles. The molecule has 0 fully saturated rings. The summed E-state index contributed by atoms with van der Waals surface area (Å²) >= 11 is 0. The fraction of sp³-hybridized carbons (Fsp3) is 0.438. The van der Waals surface area contributed by atoms with Gasteiger partial charge in [0.2, 0.25) is 0 Å². The Balaban J connectivity index is 2.14. The van der Waals surface area contributed by atoms with Crippen molar-refractivity contribution in [3.63, 3.8) is 0 Å². The second-order valence-corrected chi connectivity index (χ2v) is 4.45. The first-order chi connectivity index (χ1) is 9.77. The lowest BCUT2D eigenvalue weighted by atomic mass is 10.1. The summed E-state index contributed by atoms with van der Waals surface area (Å²) < 4.78 is 5.81. The molecule has 0 bridgehead atoms. The lowest BCUT2D eigenvalue weighted by Crippen LogP contribution is -2.38. The number of rotatable bonds is 8. The molecular formula is C16H25N3O. The third-order valence-electron chi connectivity index (χ3n) is 2.89. The average Bonchev–Trinajstić information content (AvgIpc) is 2.50. The quantitative estimate of drug-likeness (QED) is 0.332. The summed E-state index contributed by atoms with van der Waals surface area (Å²) in [7, 11) is 1.76. The topological polar surface area (TPSA) is 45.7 Å². The van der Waals surface area contributed by atoms with Crippen LogP contribution < -0.4 is 10.6 Å². The van der Waals surface area contributed by atoms with E-state index in [1.165, 1.54) is 5.56 Å². The SMILES string of the molecule is C=CCNC(=NC)NCCCOC(C)c1ccccc1. The van der Waals surface area contributed by atoms with Crippen molar-refractivity contribution in [3.8, 4) is 0 Å². The summed E-state index contributed by atoms with van der Waals surface area (Å²) in [6, 6.07) is 10.3. The Morgan fingerprint density at radius 1 is 1.35 bits per heavy atom. The molecule has 0 amide bonds. The number of hydrogen-bond donors (Lipinski definition) is 2. The maximum Gasteiger partial charge on any atom is 0.191 e. The predicted octanol–water partition coefficient (Wildman–Crippen LogP) is 2.51. The van der Waals surface area contributed by atoms with Gasteiger partial charge in [-0.2, -0.15) is 0 Å². The van der Waals surface area contributed by atoms with E-state index in [1.54, 1.807) is 13.1 Å². The number of guanidine groups is 1. The molecule has 0 radical (unpaired) electrons. The van der Waals surface area contributed by atoms with Gasteiger partial charge in [0.05, 0.1) is 6.10 Å². The molecule has 2 N–H and O–H groups in total. The highest BCUT2D eigenvalue weighted by atomic mass is 16.5. The lowest BCUT2D eigenvalue weighted by Gasteiger charge is -2.14. The van der Waals surface area contributed by atoms with E-state index in [1.807, 2.05) is 18.2 Å². The van der Waals surface area contributed by atoms with Crippen LogP contribution in [0.3, 0.4) is 0 Å². The third-order valence-corrected chi connectivity index (χ3v) is 2.89. The van der Waals surface area contributed by atoms with Gasteiger partial charge in [-0.1, -0.05) is 36.4 Å². The van der Waals surface area contributed by atoms with Crippen LogP contribution in [0.25, 0.3) is 0 Å². The van der Waals surface area contributed by atoms with Crippen LogP contribution in [0.4, 0.5) is 0 Å². The van der Waals surface area contributed by atoms with Crippen molar-refractivity contribution in [1.29, 1.82) is 0 Å². The second kappa shape index (κ2) is 10.0. The minimum atomic E-state index is 0.134. The molecule has 1 aromatic rings. The molecule has 20 heavy (non-hydrogen) atoms. The van der Waals surface area contributed by atoms with E-state index in [0.717, 1.165) is 25.5 Å². The van der Waals surface area contributed by atoms with Crippen molar-refractivity contribution in [2.24, 2.45) is 4.99 Å². The van der Waals surface area contributed by atoms with Crippen molar-refractivity contribution in [3.05, 3.63) is 48.6 Å². The minimum absolute atomic E-state index is 0.134. The zero-order valence-corrected chi connectivity index (χ0v) is 12.4. The molecule has 4 heteroatoms. The number of nitrogens with zero attached hydrogens (tertiary/aromatic N) is 1. The van der Waals surface area contributed by atoms with Crippen LogP contribution >= 0.6 is 0 Å². The van der Waals surface area contributed by atoms with Gasteiger partial charge in [-0.15, -0.1) is 6.58 Å². The second-order valence-electron chi connectivity index (χ2n) is 4.45. The maximum absolute atomic E-state index is 5.81. The zero-order valence-electron chi connectivity index (χ0n) is 12.4. The van der Waals surface area contributed by atoms with Crippen LogP contribution in [0.15, 0.2) is 48.0 Å². The van der Waals surface area contributed by atoms with Crippen LogP contribution in [0.1, 0.15) is 25.0 Å². The van der Waals surface area contributed by atoms with Gasteiger partial charge in [0.25, 0.3) is 0 Å². The van der Waals surface area contributed by atoms with E-state index < -0.39 is 0 Å². The standard InChI is InChI=1S/C16H25N3O/c1-4-11-18-16(17-3)19-12-8-13-20-14(2)15-9-6-5-7-10-15/h4-7,9-10,14H,1,8,11-13H2,2-3H3,(H2,17,18,19). The molecule has 1 unspecified atom stereocenters. The first kappa shape index (κ1) is 16.2. The van der Waals surface area contributed by atoms with Crippen LogP contribution in [-0.4, -0.2) is 32.7 Å². The van der Waals surface area contributed by atoms with E-state index in [4.69, 9.17) is 4.74 Å². The van der Waals surface area contributed by atoms with Gasteiger partial charge in [-0.25, -0.2) is 0 Å². The molecule has 1 rings (SSSR count). The largest absolute Gasteiger partial charge is 0.374 e. The van der Waals surface area contributed by atoms with E-state index in [-0.39, 0.29) is 6.10 Å². The zero-order chi connectivity index (χ0) is 14.6. The number of ether oxygens (including phenoxy) is 1. The Hall–Kier alpha value is -1.81. The highest BCUT2D eigenvalue weighted by molar-refractivity contribution is 5.79. The Labute approximate surface area is 121 Å². The van der Waals surface area contributed by atoms with Gasteiger partial charge in [-0.3, -0.25) is 4.99 Å². The Morgan fingerprint density at radius 3 is 2.75 bits per heavy atom. The molecule has 4 nitrogen and oxygen atoms in total. The molecule has 0 aliphatic rings. The number of aliphatic imine (C=N–C) groups is 1. The lowest BCUT2D eigenvalue weighted by molar-refractivity contribution is 0.0646. The summed E-state index contributed by atoms with van der Waals surface area (Å²) in [5, 5.41) is 6.35. The van der Waals surface area contributed by atoms with Crippen molar-refractivity contribution >= 4 is 5.96 Å². The smallest absolute Gasteiger partial charge is 0.191 e. The monoisotopic (exact) mass is 275 g/mol. The number of benzene rings is 1. The van der Waals surface area contributed by atoms with Gasteiger partial charge >= 0.3 is 0 Å². The van der Waals surface area contributed by atoms with Crippen molar-refractivity contribution < 1.29 is 4.74 Å². The average molecular weight is 275 g/mol. The van der Waals surface area contributed by atoms with Gasteiger partial charge in [0.1, 0.15) is 0 Å². The number of hydrogen-bond acceptors (Lipinski definition) is 2. The van der Waals surface area contributed by atoms with E-state index >= 15 is 0 Å². The van der Waals surface area contributed by atoms with Gasteiger partial charge in [0, 0.05) is 26.7 Å². The van der Waals surface area contributed by atoms with E-state index in [9.17, 15) is 0 Å². The van der Waals surface area contributed by atoms with Gasteiger partial charge in [-0.05, 0) is 18.9 Å². The van der Waals surface area contributed by atoms with E-state index in [2.05, 4.69) is 41.3 Å². The third kappa shape index (κ3) is 6.38. The fourth-order valence-corrected chi connectivity index (χ4v) is 1.75. The number of nitrogens with one attached hydrogen (secondary N) is 2. The molecule has 110 valence electrons. The fourth-order valence-electron chi connectivity index (χ4n) is 1.75. The molecule has 0 aromatic heterocycles. The Kier molecular flexibility index (Phi) is 8.15. The summed E-state index contributed by atoms with van der Waals surface area (Å²) in [4.78, 5) is 4.11. The highest BCUT2D eigenvalue weighted by Gasteiger charge is 2.04. The molecule has 0 saturated carbocycles. The van der Waals surface area contributed by atoms with Crippen LogP contribution in [-0.2, 0) is 4.74 Å². The predicted molar refractivity (Wildman–Crippen MR) is 85.0 cm³/mol. The van der Waals surface area contributed by atoms with E-state index in [0.29, 0.717) is 6.54 Å². The summed E-state index contributed by atoms with van der Waals surface area (Å²) in [6.07, 6.45) is 2.87. The minimum Gasteiger partial charge on any atom is -0.374 e. The van der Waals surface area contributed by atoms with Crippen molar-refractivity contribution in [2.75, 3.05) is 26.7 Å². The Bertz CT molecular complexity index is 403. The summed E-state index contributed by atoms with van der Waals surface area (Å²) in [5.74, 6) is 0.793. The highest BCUT2D eigenvalue weighted by Crippen LogP contribution is 2.15. The molecule has 0 saturated heterocycles. The van der Waals surface area contributed by atoms with Crippen LogP contribution in [0.2, 0.25) is 0 Å². The molecule has 0 spiro atoms. The first-order valence-electron chi connectivity index (χ1n) is 7.00. The first-order valence-corrected chi connectivity index (χ1v) is 7.00. The maximum atomic E-state index is 5.81. The molecule has 0 aliphatic heterocycles. The molecule has 1 aromatic carbocycles. The van der Waals surface area contributed by atoms with Gasteiger partial charge in [0.15, 0.2) is 5.96 Å². The van der Waals surface area contributed by atoms with Crippen molar-refractivity contribution in [1.82, 2.24) is 10.6 Å².